The highest BCUT2D eigenvalue weighted by molar-refractivity contribution is 6.08. The third-order valence-electron chi connectivity index (χ3n) is 8.01. The number of imide groups is 1. The number of rotatable bonds is 5. The third kappa shape index (κ3) is 3.50. The van der Waals surface area contributed by atoms with Gasteiger partial charge in [0.15, 0.2) is 0 Å². The van der Waals surface area contributed by atoms with Crippen molar-refractivity contribution in [3.63, 3.8) is 0 Å². The molecule has 2 heterocycles. The molecule has 3 aromatic carbocycles. The number of carbonyl (C=O) groups excluding carboxylic acids is 3. The van der Waals surface area contributed by atoms with E-state index in [0.717, 1.165) is 27.3 Å². The molecule has 1 aliphatic heterocycles. The zero-order valence-electron chi connectivity index (χ0n) is 21.1. The van der Waals surface area contributed by atoms with Gasteiger partial charge in [0, 0.05) is 17.4 Å². The monoisotopic (exact) mass is 516 g/mol. The Morgan fingerprint density at radius 3 is 2.00 bits per heavy atom. The Morgan fingerprint density at radius 1 is 0.846 bits per heavy atom. The van der Waals surface area contributed by atoms with Crippen LogP contribution in [-0.4, -0.2) is 35.6 Å². The molecular formula is C32H24N2O5. The van der Waals surface area contributed by atoms with Crippen molar-refractivity contribution < 1.29 is 23.5 Å². The first-order valence-electron chi connectivity index (χ1n) is 13.0. The summed E-state index contributed by atoms with van der Waals surface area (Å²) in [6, 6.07) is 26.7. The van der Waals surface area contributed by atoms with Crippen LogP contribution in [0.4, 0.5) is 0 Å². The average Bonchev–Trinajstić information content (AvgIpc) is 3.55. The van der Waals surface area contributed by atoms with E-state index in [4.69, 9.17) is 9.15 Å². The predicted molar refractivity (Wildman–Crippen MR) is 143 cm³/mol. The predicted octanol–water partition coefficient (Wildman–Crippen LogP) is 5.35. The third-order valence-corrected chi connectivity index (χ3v) is 8.01. The summed E-state index contributed by atoms with van der Waals surface area (Å²) in [5.74, 6) is -1.38. The highest BCUT2D eigenvalue weighted by Gasteiger charge is 2.61. The maximum Gasteiger partial charge on any atom is 0.338 e. The van der Waals surface area contributed by atoms with E-state index in [2.05, 4.69) is 29.4 Å². The van der Waals surface area contributed by atoms with Crippen LogP contribution in [0.3, 0.4) is 0 Å². The van der Waals surface area contributed by atoms with Gasteiger partial charge in [0.05, 0.1) is 30.2 Å². The number of hydrogen-bond acceptors (Lipinski definition) is 6. The van der Waals surface area contributed by atoms with Gasteiger partial charge in [-0.3, -0.25) is 9.59 Å². The van der Waals surface area contributed by atoms with Gasteiger partial charge >= 0.3 is 5.97 Å². The smallest absolute Gasteiger partial charge is 0.338 e. The second-order valence-corrected chi connectivity index (χ2v) is 10.0. The molecule has 7 nitrogen and oxygen atoms in total. The first-order chi connectivity index (χ1) is 19.1. The minimum atomic E-state index is -0.484. The molecular weight excluding hydrogens is 492 g/mol. The van der Waals surface area contributed by atoms with E-state index in [1.54, 1.807) is 37.3 Å². The molecule has 8 rings (SSSR count). The zero-order chi connectivity index (χ0) is 26.7. The van der Waals surface area contributed by atoms with Gasteiger partial charge in [0.1, 0.15) is 11.5 Å². The minimum absolute atomic E-state index is 0.175. The molecule has 39 heavy (non-hydrogen) atoms. The van der Waals surface area contributed by atoms with Crippen LogP contribution in [0.15, 0.2) is 94.4 Å². The van der Waals surface area contributed by atoms with Gasteiger partial charge in [-0.1, -0.05) is 60.7 Å². The first-order valence-corrected chi connectivity index (χ1v) is 13.0. The Labute approximate surface area is 224 Å². The van der Waals surface area contributed by atoms with Gasteiger partial charge in [0.2, 0.25) is 0 Å². The molecule has 1 fully saturated rings. The summed E-state index contributed by atoms with van der Waals surface area (Å²) in [6.45, 7) is 2.05. The minimum Gasteiger partial charge on any atom is -0.462 e. The van der Waals surface area contributed by atoms with Crippen LogP contribution in [0.5, 0.6) is 0 Å². The van der Waals surface area contributed by atoms with E-state index in [1.807, 2.05) is 30.3 Å². The van der Waals surface area contributed by atoms with Crippen molar-refractivity contribution in [3.05, 3.63) is 119 Å². The van der Waals surface area contributed by atoms with Crippen molar-refractivity contribution >= 4 is 24.0 Å². The summed E-state index contributed by atoms with van der Waals surface area (Å²) in [4.78, 5) is 39.5. The van der Waals surface area contributed by atoms with Gasteiger partial charge < -0.3 is 9.15 Å². The second-order valence-electron chi connectivity index (χ2n) is 10.0. The van der Waals surface area contributed by atoms with E-state index in [-0.39, 0.29) is 23.7 Å². The fourth-order valence-corrected chi connectivity index (χ4v) is 6.48. The summed E-state index contributed by atoms with van der Waals surface area (Å²) in [5.41, 5.74) is 5.61. The topological polar surface area (TPSA) is 89.2 Å². The number of furan rings is 1. The van der Waals surface area contributed by atoms with Gasteiger partial charge in [-0.05, 0) is 53.4 Å². The Hall–Kier alpha value is -4.78. The first kappa shape index (κ1) is 23.3. The maximum atomic E-state index is 13.7. The second kappa shape index (κ2) is 8.91. The fourth-order valence-electron chi connectivity index (χ4n) is 6.48. The number of hydrazone groups is 1. The molecule has 0 spiro atoms. The molecule has 192 valence electrons. The molecule has 0 radical (unpaired) electrons. The summed E-state index contributed by atoms with van der Waals surface area (Å²) in [7, 11) is 0. The Bertz CT molecular complexity index is 1570. The van der Waals surface area contributed by atoms with Crippen molar-refractivity contribution in [2.75, 3.05) is 6.61 Å². The van der Waals surface area contributed by atoms with Gasteiger partial charge in [0.25, 0.3) is 11.8 Å². The highest BCUT2D eigenvalue weighted by Crippen LogP contribution is 2.60. The largest absolute Gasteiger partial charge is 0.462 e. The van der Waals surface area contributed by atoms with E-state index in [9.17, 15) is 14.4 Å². The van der Waals surface area contributed by atoms with Gasteiger partial charge in [-0.25, -0.2) is 4.79 Å². The number of esters is 1. The summed E-state index contributed by atoms with van der Waals surface area (Å²) < 4.78 is 11.0. The van der Waals surface area contributed by atoms with E-state index in [0.29, 0.717) is 29.3 Å². The van der Waals surface area contributed by atoms with Crippen LogP contribution in [0.2, 0.25) is 0 Å². The lowest BCUT2D eigenvalue weighted by Crippen LogP contribution is -2.41. The summed E-state index contributed by atoms with van der Waals surface area (Å²) in [6.07, 6.45) is 1.40. The number of carbonyl (C=O) groups is 3. The van der Waals surface area contributed by atoms with Crippen LogP contribution >= 0.6 is 0 Å². The van der Waals surface area contributed by atoms with Crippen molar-refractivity contribution in [2.45, 2.75) is 18.8 Å². The molecule has 1 aromatic heterocycles. The average molecular weight is 517 g/mol. The lowest BCUT2D eigenvalue weighted by molar-refractivity contribution is -0.139. The number of benzene rings is 3. The fraction of sp³-hybridized carbons (Fsp3) is 0.188. The Kier molecular flexibility index (Phi) is 5.33. The highest BCUT2D eigenvalue weighted by atomic mass is 16.5. The van der Waals surface area contributed by atoms with Crippen molar-refractivity contribution in [3.8, 4) is 11.3 Å². The maximum absolute atomic E-state index is 13.7. The SMILES string of the molecule is CCOC(=O)c1cccc(-c2ccc(/C=N\N3C(=O)[C@@H]4C5c6ccccc6C(c6ccccc65)[C@@H]4C3=O)o2)c1. The lowest BCUT2D eigenvalue weighted by Gasteiger charge is -2.45. The van der Waals surface area contributed by atoms with E-state index in [1.165, 1.54) is 6.21 Å². The van der Waals surface area contributed by atoms with E-state index < -0.39 is 17.8 Å². The lowest BCUT2D eigenvalue weighted by atomic mass is 9.55. The molecule has 7 heteroatoms. The zero-order valence-corrected chi connectivity index (χ0v) is 21.1. The quantitative estimate of drug-likeness (QED) is 0.203. The summed E-state index contributed by atoms with van der Waals surface area (Å²) in [5, 5.41) is 5.34. The molecule has 1 saturated heterocycles. The van der Waals surface area contributed by atoms with E-state index >= 15 is 0 Å². The Balaban J connectivity index is 1.18. The summed E-state index contributed by atoms with van der Waals surface area (Å²) >= 11 is 0. The van der Waals surface area contributed by atoms with Crippen LogP contribution < -0.4 is 0 Å². The molecule has 4 aromatic rings. The molecule has 0 saturated carbocycles. The molecule has 3 aliphatic carbocycles. The van der Waals surface area contributed by atoms with Crippen molar-refractivity contribution in [1.82, 2.24) is 5.01 Å². The molecule has 4 aliphatic rings. The van der Waals surface area contributed by atoms with Crippen LogP contribution in [-0.2, 0) is 14.3 Å². The molecule has 2 amide bonds. The molecule has 0 N–H and O–H groups in total. The van der Waals surface area contributed by atoms with Gasteiger partial charge in [-0.15, -0.1) is 0 Å². The molecule has 0 unspecified atom stereocenters. The number of ether oxygens (including phenoxy) is 1. The van der Waals surface area contributed by atoms with Crippen LogP contribution in [0.1, 0.15) is 57.1 Å². The molecule has 2 bridgehead atoms. The number of amides is 2. The van der Waals surface area contributed by atoms with Gasteiger partial charge in [-0.2, -0.15) is 10.1 Å². The van der Waals surface area contributed by atoms with Crippen LogP contribution in [0, 0.1) is 11.8 Å². The Morgan fingerprint density at radius 2 is 1.44 bits per heavy atom. The number of hydrogen-bond donors (Lipinski definition) is 0. The standard InChI is InChI=1S/C32H24N2O5/c1-2-38-32(37)19-9-7-8-18(16-19)25-15-14-20(39-25)17-33-34-30(35)28-26-21-10-3-4-11-22(21)27(29(28)31(34)36)24-13-6-5-12-23(24)26/h3-17,26-29H,2H2,1H3/b33-17-/t26?,27?,28-,29+. The van der Waals surface area contributed by atoms with Crippen molar-refractivity contribution in [1.29, 1.82) is 0 Å². The van der Waals surface area contributed by atoms with Crippen molar-refractivity contribution in [2.24, 2.45) is 16.9 Å². The normalized spacial score (nSPS) is 22.6. The number of nitrogens with zero attached hydrogens (tertiary/aromatic N) is 2. The molecule has 2 atom stereocenters. The van der Waals surface area contributed by atoms with Crippen LogP contribution in [0.25, 0.3) is 11.3 Å².